The van der Waals surface area contributed by atoms with Crippen molar-refractivity contribution in [2.75, 3.05) is 5.73 Å². The van der Waals surface area contributed by atoms with E-state index < -0.39 is 0 Å². The van der Waals surface area contributed by atoms with Crippen LogP contribution >= 0.6 is 0 Å². The van der Waals surface area contributed by atoms with E-state index in [0.29, 0.717) is 11.7 Å². The number of pyridine rings is 1. The molecule has 3 N–H and O–H groups in total. The van der Waals surface area contributed by atoms with E-state index in [0.717, 1.165) is 28.9 Å². The summed E-state index contributed by atoms with van der Waals surface area (Å²) >= 11 is 0. The van der Waals surface area contributed by atoms with Crippen LogP contribution in [0.2, 0.25) is 0 Å². The van der Waals surface area contributed by atoms with Gasteiger partial charge in [-0.05, 0) is 35.6 Å². The van der Waals surface area contributed by atoms with Gasteiger partial charge in [-0.25, -0.2) is 4.98 Å². The first-order chi connectivity index (χ1) is 10.6. The summed E-state index contributed by atoms with van der Waals surface area (Å²) in [5.74, 6) is 1.26. The van der Waals surface area contributed by atoms with E-state index in [4.69, 9.17) is 5.73 Å². The summed E-state index contributed by atoms with van der Waals surface area (Å²) in [6, 6.07) is 12.1. The first-order valence-corrected chi connectivity index (χ1v) is 7.55. The Morgan fingerprint density at radius 2 is 1.86 bits per heavy atom. The molecule has 0 bridgehead atoms. The van der Waals surface area contributed by atoms with Gasteiger partial charge in [0.25, 0.3) is 0 Å². The number of rotatable bonds is 4. The van der Waals surface area contributed by atoms with Crippen LogP contribution in [0.4, 0.5) is 5.82 Å². The first kappa shape index (κ1) is 14.6. The average molecular weight is 295 g/mol. The normalized spacial score (nSPS) is 11.5. The number of aliphatic hydroxyl groups is 1. The Hall–Kier alpha value is -2.33. The van der Waals surface area contributed by atoms with Crippen molar-refractivity contribution < 1.29 is 5.11 Å². The number of hydrogen-bond acceptors (Lipinski definition) is 3. The summed E-state index contributed by atoms with van der Waals surface area (Å²) < 4.78 is 1.84. The number of aliphatic hydroxyl groups excluding tert-OH is 1. The monoisotopic (exact) mass is 295 g/mol. The molecule has 0 fully saturated rings. The highest BCUT2D eigenvalue weighted by molar-refractivity contribution is 5.75. The van der Waals surface area contributed by atoms with Crippen molar-refractivity contribution in [2.24, 2.45) is 5.92 Å². The Morgan fingerprint density at radius 1 is 1.14 bits per heavy atom. The Balaban J connectivity index is 2.00. The Bertz CT molecular complexity index is 788. The number of nitrogen functional groups attached to an aromatic ring is 1. The lowest BCUT2D eigenvalue weighted by Gasteiger charge is -2.06. The SMILES string of the molecule is CC(C)Cc1ccc(-c2nc3cc(CO)ccn3c2N)cc1. The lowest BCUT2D eigenvalue weighted by Crippen LogP contribution is -1.96. The molecule has 0 radical (unpaired) electrons. The van der Waals surface area contributed by atoms with Crippen LogP contribution in [0.3, 0.4) is 0 Å². The number of anilines is 1. The summed E-state index contributed by atoms with van der Waals surface area (Å²) in [5.41, 5.74) is 10.9. The van der Waals surface area contributed by atoms with Gasteiger partial charge in [-0.2, -0.15) is 0 Å². The Labute approximate surface area is 130 Å². The fraction of sp³-hybridized carbons (Fsp3) is 0.278. The van der Waals surface area contributed by atoms with Gasteiger partial charge in [-0.3, -0.25) is 4.40 Å². The maximum atomic E-state index is 9.22. The zero-order valence-corrected chi connectivity index (χ0v) is 13.0. The van der Waals surface area contributed by atoms with Crippen molar-refractivity contribution in [1.29, 1.82) is 0 Å². The van der Waals surface area contributed by atoms with Crippen molar-refractivity contribution >= 4 is 11.5 Å². The molecule has 0 spiro atoms. The molecule has 0 saturated heterocycles. The van der Waals surface area contributed by atoms with E-state index in [1.165, 1.54) is 5.56 Å². The average Bonchev–Trinajstić information content (AvgIpc) is 2.84. The standard InChI is InChI=1S/C18H21N3O/c1-12(2)9-13-3-5-15(6-4-13)17-18(19)21-8-7-14(11-22)10-16(21)20-17/h3-8,10,12,22H,9,11,19H2,1-2H3. The lowest BCUT2D eigenvalue weighted by molar-refractivity contribution is 0.282. The van der Waals surface area contributed by atoms with Crippen LogP contribution in [0.5, 0.6) is 0 Å². The van der Waals surface area contributed by atoms with Crippen molar-refractivity contribution in [3.8, 4) is 11.3 Å². The number of fused-ring (bicyclic) bond motifs is 1. The minimum Gasteiger partial charge on any atom is -0.392 e. The number of nitrogens with two attached hydrogens (primary N) is 1. The Kier molecular flexibility index (Phi) is 3.86. The van der Waals surface area contributed by atoms with Gasteiger partial charge >= 0.3 is 0 Å². The molecule has 2 heterocycles. The Morgan fingerprint density at radius 3 is 2.50 bits per heavy atom. The van der Waals surface area contributed by atoms with Crippen molar-refractivity contribution in [2.45, 2.75) is 26.9 Å². The summed E-state index contributed by atoms with van der Waals surface area (Å²) in [6.07, 6.45) is 2.92. The van der Waals surface area contributed by atoms with Gasteiger partial charge in [0.2, 0.25) is 0 Å². The third-order valence-corrected chi connectivity index (χ3v) is 3.78. The first-order valence-electron chi connectivity index (χ1n) is 7.55. The molecule has 0 aliphatic heterocycles. The molecule has 2 aromatic heterocycles. The molecule has 3 aromatic rings. The number of hydrogen-bond donors (Lipinski definition) is 2. The quantitative estimate of drug-likeness (QED) is 0.776. The van der Waals surface area contributed by atoms with Gasteiger partial charge in [0.15, 0.2) is 0 Å². The van der Waals surface area contributed by atoms with Crippen LogP contribution in [0, 0.1) is 5.92 Å². The predicted octanol–water partition coefficient (Wildman–Crippen LogP) is 3.27. The third-order valence-electron chi connectivity index (χ3n) is 3.78. The fourth-order valence-corrected chi connectivity index (χ4v) is 2.69. The molecule has 0 unspecified atom stereocenters. The summed E-state index contributed by atoms with van der Waals surface area (Å²) in [6.45, 7) is 4.43. The molecule has 22 heavy (non-hydrogen) atoms. The molecule has 0 atom stereocenters. The molecule has 1 aromatic carbocycles. The predicted molar refractivity (Wildman–Crippen MR) is 89.5 cm³/mol. The minimum absolute atomic E-state index is 0.00248. The van der Waals surface area contributed by atoms with E-state index in [1.54, 1.807) is 0 Å². The molecule has 0 saturated carbocycles. The van der Waals surface area contributed by atoms with Crippen LogP contribution in [-0.4, -0.2) is 14.5 Å². The topological polar surface area (TPSA) is 63.5 Å². The van der Waals surface area contributed by atoms with Crippen molar-refractivity contribution in [3.63, 3.8) is 0 Å². The van der Waals surface area contributed by atoms with Crippen molar-refractivity contribution in [1.82, 2.24) is 9.38 Å². The molecular weight excluding hydrogens is 274 g/mol. The molecular formula is C18H21N3O. The van der Waals surface area contributed by atoms with E-state index >= 15 is 0 Å². The van der Waals surface area contributed by atoms with E-state index in [-0.39, 0.29) is 6.61 Å². The van der Waals surface area contributed by atoms with Crippen LogP contribution < -0.4 is 5.73 Å². The number of imidazole rings is 1. The maximum Gasteiger partial charge on any atom is 0.139 e. The summed E-state index contributed by atoms with van der Waals surface area (Å²) in [7, 11) is 0. The van der Waals surface area contributed by atoms with Gasteiger partial charge in [0.05, 0.1) is 6.61 Å². The molecule has 0 aliphatic rings. The summed E-state index contributed by atoms with van der Waals surface area (Å²) in [5, 5.41) is 9.22. The zero-order chi connectivity index (χ0) is 15.7. The maximum absolute atomic E-state index is 9.22. The number of benzene rings is 1. The fourth-order valence-electron chi connectivity index (χ4n) is 2.69. The van der Waals surface area contributed by atoms with Crippen LogP contribution in [0.15, 0.2) is 42.6 Å². The number of aromatic nitrogens is 2. The van der Waals surface area contributed by atoms with Gasteiger partial charge < -0.3 is 10.8 Å². The van der Waals surface area contributed by atoms with E-state index in [1.807, 2.05) is 22.7 Å². The van der Waals surface area contributed by atoms with Gasteiger partial charge in [-0.1, -0.05) is 38.1 Å². The van der Waals surface area contributed by atoms with Gasteiger partial charge in [-0.15, -0.1) is 0 Å². The second-order valence-corrected chi connectivity index (χ2v) is 6.06. The smallest absolute Gasteiger partial charge is 0.139 e. The van der Waals surface area contributed by atoms with Gasteiger partial charge in [0.1, 0.15) is 17.2 Å². The highest BCUT2D eigenvalue weighted by atomic mass is 16.3. The molecule has 4 nitrogen and oxygen atoms in total. The highest BCUT2D eigenvalue weighted by Gasteiger charge is 2.11. The van der Waals surface area contributed by atoms with Crippen LogP contribution in [-0.2, 0) is 13.0 Å². The van der Waals surface area contributed by atoms with Crippen LogP contribution in [0.1, 0.15) is 25.0 Å². The molecule has 3 rings (SSSR count). The van der Waals surface area contributed by atoms with Crippen molar-refractivity contribution in [3.05, 3.63) is 53.7 Å². The molecule has 4 heteroatoms. The summed E-state index contributed by atoms with van der Waals surface area (Å²) in [4.78, 5) is 4.61. The van der Waals surface area contributed by atoms with E-state index in [2.05, 4.69) is 43.1 Å². The van der Waals surface area contributed by atoms with Crippen LogP contribution in [0.25, 0.3) is 16.9 Å². The minimum atomic E-state index is 0.00248. The lowest BCUT2D eigenvalue weighted by atomic mass is 10.0. The third kappa shape index (κ3) is 2.70. The largest absolute Gasteiger partial charge is 0.392 e. The second-order valence-electron chi connectivity index (χ2n) is 6.06. The molecule has 114 valence electrons. The van der Waals surface area contributed by atoms with Gasteiger partial charge in [0, 0.05) is 11.8 Å². The van der Waals surface area contributed by atoms with E-state index in [9.17, 15) is 5.11 Å². The molecule has 0 amide bonds. The zero-order valence-electron chi connectivity index (χ0n) is 13.0. The number of nitrogens with zero attached hydrogens (tertiary/aromatic N) is 2. The second kappa shape index (κ2) is 5.81. The molecule has 0 aliphatic carbocycles. The highest BCUT2D eigenvalue weighted by Crippen LogP contribution is 2.27.